The van der Waals surface area contributed by atoms with Crippen LogP contribution >= 0.6 is 11.6 Å². The first kappa shape index (κ1) is 23.2. The molecule has 1 heterocycles. The number of hydrogen-bond donors (Lipinski definition) is 1. The number of rotatable bonds is 6. The lowest BCUT2D eigenvalue weighted by Crippen LogP contribution is -2.29. The van der Waals surface area contributed by atoms with Crippen molar-refractivity contribution in [2.24, 2.45) is 0 Å². The van der Waals surface area contributed by atoms with Crippen molar-refractivity contribution < 1.29 is 28.9 Å². The number of halogens is 1. The molecule has 174 valence electrons. The van der Waals surface area contributed by atoms with Crippen molar-refractivity contribution in [1.29, 1.82) is 0 Å². The lowest BCUT2D eigenvalue weighted by molar-refractivity contribution is -0.132. The SMILES string of the molecule is COc1ccc(N2C(=O)C(=O)/C(=C(/O)c3ccc(Cl)cc3)C2c2ccc(OC)cc2OC)cc1. The summed E-state index contributed by atoms with van der Waals surface area (Å²) in [5.74, 6) is -0.366. The number of Topliss-reactive ketones (excluding diaryl/α,β-unsaturated/α-hetero) is 1. The van der Waals surface area contributed by atoms with Crippen molar-refractivity contribution in [3.63, 3.8) is 0 Å². The number of ether oxygens (including phenoxy) is 3. The topological polar surface area (TPSA) is 85.3 Å². The van der Waals surface area contributed by atoms with Gasteiger partial charge in [0.05, 0.1) is 32.9 Å². The minimum Gasteiger partial charge on any atom is -0.507 e. The van der Waals surface area contributed by atoms with Gasteiger partial charge in [-0.3, -0.25) is 14.5 Å². The number of nitrogens with zero attached hydrogens (tertiary/aromatic N) is 1. The maximum Gasteiger partial charge on any atom is 0.300 e. The molecule has 0 aliphatic carbocycles. The van der Waals surface area contributed by atoms with Crippen LogP contribution in [-0.2, 0) is 9.59 Å². The van der Waals surface area contributed by atoms with Crippen molar-refractivity contribution in [3.8, 4) is 17.2 Å². The monoisotopic (exact) mass is 479 g/mol. The quantitative estimate of drug-likeness (QED) is 0.304. The Morgan fingerprint density at radius 2 is 1.47 bits per heavy atom. The van der Waals surface area contributed by atoms with E-state index < -0.39 is 17.7 Å². The molecule has 3 aromatic rings. The van der Waals surface area contributed by atoms with E-state index in [0.717, 1.165) is 0 Å². The van der Waals surface area contributed by atoms with Crippen LogP contribution in [-0.4, -0.2) is 38.1 Å². The number of benzene rings is 3. The molecule has 1 aliphatic heterocycles. The van der Waals surface area contributed by atoms with E-state index in [1.165, 1.54) is 26.2 Å². The molecule has 7 nitrogen and oxygen atoms in total. The lowest BCUT2D eigenvalue weighted by atomic mass is 9.94. The van der Waals surface area contributed by atoms with Crippen molar-refractivity contribution in [3.05, 3.63) is 88.5 Å². The van der Waals surface area contributed by atoms with Crippen LogP contribution in [0.3, 0.4) is 0 Å². The van der Waals surface area contributed by atoms with Gasteiger partial charge in [0.2, 0.25) is 0 Å². The highest BCUT2D eigenvalue weighted by atomic mass is 35.5. The molecule has 1 atom stereocenters. The van der Waals surface area contributed by atoms with Crippen molar-refractivity contribution in [2.45, 2.75) is 6.04 Å². The molecule has 4 rings (SSSR count). The van der Waals surface area contributed by atoms with Gasteiger partial charge in [0, 0.05) is 27.9 Å². The summed E-state index contributed by atoms with van der Waals surface area (Å²) in [6, 6.07) is 17.2. The van der Waals surface area contributed by atoms with Gasteiger partial charge in [0.1, 0.15) is 23.0 Å². The Balaban J connectivity index is 1.96. The van der Waals surface area contributed by atoms with Gasteiger partial charge in [-0.1, -0.05) is 11.6 Å². The van der Waals surface area contributed by atoms with E-state index >= 15 is 0 Å². The predicted octanol–water partition coefficient (Wildman–Crippen LogP) is 4.99. The summed E-state index contributed by atoms with van der Waals surface area (Å²) in [5, 5.41) is 11.7. The number of hydrogen-bond acceptors (Lipinski definition) is 6. The molecule has 0 radical (unpaired) electrons. The maximum absolute atomic E-state index is 13.3. The average Bonchev–Trinajstić information content (AvgIpc) is 3.13. The number of anilines is 1. The lowest BCUT2D eigenvalue weighted by Gasteiger charge is -2.27. The van der Waals surface area contributed by atoms with Crippen LogP contribution in [0.4, 0.5) is 5.69 Å². The Hall–Kier alpha value is -3.97. The second-order valence-corrected chi connectivity index (χ2v) is 7.92. The van der Waals surface area contributed by atoms with Crippen molar-refractivity contribution in [2.75, 3.05) is 26.2 Å². The third-order valence-electron chi connectivity index (χ3n) is 5.65. The van der Waals surface area contributed by atoms with E-state index in [1.807, 2.05) is 0 Å². The van der Waals surface area contributed by atoms with E-state index in [9.17, 15) is 14.7 Å². The van der Waals surface area contributed by atoms with Crippen LogP contribution in [0.2, 0.25) is 5.02 Å². The molecule has 1 fully saturated rings. The molecule has 34 heavy (non-hydrogen) atoms. The third kappa shape index (κ3) is 4.06. The fraction of sp³-hybridized carbons (Fsp3) is 0.154. The number of ketones is 1. The summed E-state index contributed by atoms with van der Waals surface area (Å²) in [7, 11) is 4.55. The molecule has 0 bridgehead atoms. The Bertz CT molecular complexity index is 1270. The fourth-order valence-corrected chi connectivity index (χ4v) is 4.07. The van der Waals surface area contributed by atoms with Crippen LogP contribution in [0.25, 0.3) is 5.76 Å². The van der Waals surface area contributed by atoms with Gasteiger partial charge in [0.15, 0.2) is 0 Å². The minimum absolute atomic E-state index is 0.0633. The Morgan fingerprint density at radius 1 is 0.853 bits per heavy atom. The molecule has 1 aliphatic rings. The smallest absolute Gasteiger partial charge is 0.300 e. The summed E-state index contributed by atoms with van der Waals surface area (Å²) in [4.78, 5) is 27.9. The maximum atomic E-state index is 13.3. The summed E-state index contributed by atoms with van der Waals surface area (Å²) >= 11 is 5.98. The summed E-state index contributed by atoms with van der Waals surface area (Å²) < 4.78 is 16.1. The number of carbonyl (C=O) groups excluding carboxylic acids is 2. The molecule has 0 spiro atoms. The third-order valence-corrected chi connectivity index (χ3v) is 5.90. The van der Waals surface area contributed by atoms with Crippen molar-refractivity contribution in [1.82, 2.24) is 0 Å². The van der Waals surface area contributed by atoms with Gasteiger partial charge >= 0.3 is 0 Å². The Labute approximate surface area is 201 Å². The summed E-state index contributed by atoms with van der Waals surface area (Å²) in [5.41, 5.74) is 1.26. The zero-order chi connectivity index (χ0) is 24.4. The van der Waals surface area contributed by atoms with Gasteiger partial charge in [-0.15, -0.1) is 0 Å². The highest BCUT2D eigenvalue weighted by molar-refractivity contribution is 6.51. The number of aliphatic hydroxyl groups excluding tert-OH is 1. The van der Waals surface area contributed by atoms with Crippen molar-refractivity contribution >= 4 is 34.7 Å². The molecule has 3 aromatic carbocycles. The first-order valence-corrected chi connectivity index (χ1v) is 10.7. The zero-order valence-corrected chi connectivity index (χ0v) is 19.5. The number of carbonyl (C=O) groups is 2. The zero-order valence-electron chi connectivity index (χ0n) is 18.7. The molecular formula is C26H22ClNO6. The first-order chi connectivity index (χ1) is 16.4. The van der Waals surface area contributed by atoms with E-state index in [4.69, 9.17) is 25.8 Å². The average molecular weight is 480 g/mol. The predicted molar refractivity (Wildman–Crippen MR) is 129 cm³/mol. The molecule has 1 N–H and O–H groups in total. The van der Waals surface area contributed by atoms with Crippen LogP contribution < -0.4 is 19.1 Å². The minimum atomic E-state index is -0.954. The normalized spacial score (nSPS) is 17.1. The van der Waals surface area contributed by atoms with Crippen LogP contribution in [0.15, 0.2) is 72.3 Å². The highest BCUT2D eigenvalue weighted by Crippen LogP contribution is 2.45. The molecule has 1 unspecified atom stereocenters. The molecule has 8 heteroatoms. The Kier molecular flexibility index (Phi) is 6.47. The standard InChI is InChI=1S/C26H22ClNO6/c1-32-18-10-8-17(9-11-18)28-23(20-13-12-19(33-2)14-21(20)34-3)22(25(30)26(28)31)24(29)15-4-6-16(27)7-5-15/h4-14,23,29H,1-3H3/b24-22+. The highest BCUT2D eigenvalue weighted by Gasteiger charge is 2.48. The van der Waals surface area contributed by atoms with Crippen LogP contribution in [0, 0.1) is 0 Å². The molecule has 0 saturated carbocycles. The van der Waals surface area contributed by atoms with E-state index in [0.29, 0.717) is 39.1 Å². The Morgan fingerprint density at radius 3 is 2.06 bits per heavy atom. The molecule has 1 amide bonds. The van der Waals surface area contributed by atoms with Gasteiger partial charge in [-0.05, 0) is 60.7 Å². The number of amides is 1. The number of methoxy groups -OCH3 is 3. The van der Waals surface area contributed by atoms with Crippen LogP contribution in [0.5, 0.6) is 17.2 Å². The first-order valence-electron chi connectivity index (χ1n) is 10.3. The summed E-state index contributed by atoms with van der Waals surface area (Å²) in [6.07, 6.45) is 0. The van der Waals surface area contributed by atoms with Gasteiger partial charge < -0.3 is 19.3 Å². The fourth-order valence-electron chi connectivity index (χ4n) is 3.94. The molecular weight excluding hydrogens is 458 g/mol. The van der Waals surface area contributed by atoms with Crippen LogP contribution in [0.1, 0.15) is 17.2 Å². The largest absolute Gasteiger partial charge is 0.507 e. The van der Waals surface area contributed by atoms with E-state index in [1.54, 1.807) is 66.7 Å². The van der Waals surface area contributed by atoms with Gasteiger partial charge in [0.25, 0.3) is 11.7 Å². The second-order valence-electron chi connectivity index (χ2n) is 7.48. The van der Waals surface area contributed by atoms with Gasteiger partial charge in [-0.25, -0.2) is 0 Å². The van der Waals surface area contributed by atoms with E-state index in [2.05, 4.69) is 0 Å². The number of aliphatic hydroxyl groups is 1. The summed E-state index contributed by atoms with van der Waals surface area (Å²) in [6.45, 7) is 0. The molecule has 0 aromatic heterocycles. The molecule has 1 saturated heterocycles. The second kappa shape index (κ2) is 9.49. The van der Waals surface area contributed by atoms with Gasteiger partial charge in [-0.2, -0.15) is 0 Å². The van der Waals surface area contributed by atoms with E-state index in [-0.39, 0.29) is 11.3 Å².